The van der Waals surface area contributed by atoms with E-state index in [1.54, 1.807) is 10.6 Å². The van der Waals surface area contributed by atoms with E-state index in [-0.39, 0.29) is 5.56 Å². The van der Waals surface area contributed by atoms with Gasteiger partial charge >= 0.3 is 5.97 Å². The van der Waals surface area contributed by atoms with Crippen molar-refractivity contribution in [2.24, 2.45) is 0 Å². The normalized spacial score (nSPS) is 10.5. The Hall–Kier alpha value is -1.43. The number of halogens is 1. The first-order valence-electron chi connectivity index (χ1n) is 3.40. The Labute approximate surface area is 81.2 Å². The van der Waals surface area contributed by atoms with Gasteiger partial charge in [-0.3, -0.25) is 4.40 Å². The number of hydrogen-bond acceptors (Lipinski definition) is 3. The minimum absolute atomic E-state index is 0.131. The number of imidazole rings is 1. The summed E-state index contributed by atoms with van der Waals surface area (Å²) in [4.78, 5) is 18.4. The van der Waals surface area contributed by atoms with Crippen LogP contribution in [0.25, 0.3) is 5.78 Å². The van der Waals surface area contributed by atoms with Gasteiger partial charge in [0, 0.05) is 12.4 Å². The average molecular weight is 242 g/mol. The third-order valence-electron chi connectivity index (χ3n) is 1.57. The van der Waals surface area contributed by atoms with Crippen LogP contribution in [0.3, 0.4) is 0 Å². The number of carboxylic acid groups (broad SMARTS) is 1. The molecule has 0 aliphatic carbocycles. The molecule has 0 spiro atoms. The predicted molar refractivity (Wildman–Crippen MR) is 47.6 cm³/mol. The van der Waals surface area contributed by atoms with Crippen molar-refractivity contribution in [2.75, 3.05) is 0 Å². The molecule has 0 saturated heterocycles. The Kier molecular flexibility index (Phi) is 1.77. The third-order valence-corrected chi connectivity index (χ3v) is 2.15. The largest absolute Gasteiger partial charge is 0.478 e. The van der Waals surface area contributed by atoms with E-state index in [2.05, 4.69) is 25.9 Å². The lowest BCUT2D eigenvalue weighted by Crippen LogP contribution is -2.00. The summed E-state index contributed by atoms with van der Waals surface area (Å²) in [5.41, 5.74) is 0.131. The van der Waals surface area contributed by atoms with Crippen molar-refractivity contribution in [1.82, 2.24) is 14.4 Å². The molecule has 0 atom stereocenters. The highest BCUT2D eigenvalue weighted by atomic mass is 79.9. The molecule has 2 rings (SSSR count). The van der Waals surface area contributed by atoms with Crippen LogP contribution in [0.2, 0.25) is 0 Å². The summed E-state index contributed by atoms with van der Waals surface area (Å²) in [6, 6.07) is 0. The summed E-state index contributed by atoms with van der Waals surface area (Å²) in [6.45, 7) is 0. The van der Waals surface area contributed by atoms with Crippen LogP contribution in [0.15, 0.2) is 23.2 Å². The van der Waals surface area contributed by atoms with E-state index >= 15 is 0 Å². The van der Waals surface area contributed by atoms with Gasteiger partial charge in [0.2, 0.25) is 5.78 Å². The highest BCUT2D eigenvalue weighted by Crippen LogP contribution is 2.11. The summed E-state index contributed by atoms with van der Waals surface area (Å²) >= 11 is 3.22. The first kappa shape index (κ1) is 8.18. The molecule has 0 fully saturated rings. The number of carbonyl (C=O) groups is 1. The zero-order valence-electron chi connectivity index (χ0n) is 6.31. The van der Waals surface area contributed by atoms with E-state index in [1.807, 2.05) is 0 Å². The van der Waals surface area contributed by atoms with Gasteiger partial charge in [-0.05, 0) is 15.9 Å². The molecule has 0 aliphatic heterocycles. The van der Waals surface area contributed by atoms with Crippen molar-refractivity contribution in [1.29, 1.82) is 0 Å². The number of aromatic nitrogens is 3. The smallest absolute Gasteiger partial charge is 0.338 e. The van der Waals surface area contributed by atoms with Crippen LogP contribution in [-0.2, 0) is 0 Å². The maximum Gasteiger partial charge on any atom is 0.338 e. The van der Waals surface area contributed by atoms with E-state index in [4.69, 9.17) is 5.11 Å². The first-order valence-corrected chi connectivity index (χ1v) is 4.19. The molecule has 0 amide bonds. The molecule has 66 valence electrons. The number of aromatic carboxylic acids is 1. The van der Waals surface area contributed by atoms with E-state index in [0.29, 0.717) is 10.4 Å². The van der Waals surface area contributed by atoms with Crippen LogP contribution in [0.5, 0.6) is 0 Å². The number of hydrogen-bond donors (Lipinski definition) is 1. The Morgan fingerprint density at radius 3 is 2.85 bits per heavy atom. The average Bonchev–Trinajstić information content (AvgIpc) is 2.47. The van der Waals surface area contributed by atoms with Crippen molar-refractivity contribution in [3.05, 3.63) is 28.8 Å². The topological polar surface area (TPSA) is 67.5 Å². The summed E-state index contributed by atoms with van der Waals surface area (Å²) in [7, 11) is 0. The van der Waals surface area contributed by atoms with E-state index in [0.717, 1.165) is 0 Å². The predicted octanol–water partition coefficient (Wildman–Crippen LogP) is 1.19. The molecule has 0 unspecified atom stereocenters. The van der Waals surface area contributed by atoms with Gasteiger partial charge in [0.15, 0.2) is 0 Å². The van der Waals surface area contributed by atoms with Crippen LogP contribution in [0, 0.1) is 0 Å². The third kappa shape index (κ3) is 1.29. The standard InChI is InChI=1S/C7H4BrN3O2/c8-5-2-10-7-9-1-4(6(12)13)3-11(5)7/h1-3H,(H,12,13). The maximum absolute atomic E-state index is 10.6. The van der Waals surface area contributed by atoms with Gasteiger partial charge in [0.05, 0.1) is 11.8 Å². The molecule has 2 heterocycles. The molecule has 0 saturated carbocycles. The van der Waals surface area contributed by atoms with Gasteiger partial charge in [-0.25, -0.2) is 14.8 Å². The quantitative estimate of drug-likeness (QED) is 0.815. The van der Waals surface area contributed by atoms with Crippen LogP contribution >= 0.6 is 15.9 Å². The lowest BCUT2D eigenvalue weighted by Gasteiger charge is -1.96. The number of rotatable bonds is 1. The van der Waals surface area contributed by atoms with Crippen LogP contribution in [-0.4, -0.2) is 25.4 Å². The fourth-order valence-electron chi connectivity index (χ4n) is 0.956. The van der Waals surface area contributed by atoms with Crippen molar-refractivity contribution in [3.63, 3.8) is 0 Å². The minimum atomic E-state index is -1.00. The minimum Gasteiger partial charge on any atom is -0.478 e. The molecule has 0 bridgehead atoms. The second-order valence-corrected chi connectivity index (χ2v) is 3.21. The SMILES string of the molecule is O=C(O)c1cnc2ncc(Br)n2c1. The van der Waals surface area contributed by atoms with Gasteiger partial charge < -0.3 is 5.11 Å². The molecule has 0 aliphatic rings. The van der Waals surface area contributed by atoms with Gasteiger partial charge in [-0.1, -0.05) is 0 Å². The van der Waals surface area contributed by atoms with Gasteiger partial charge in [-0.2, -0.15) is 0 Å². The van der Waals surface area contributed by atoms with Crippen molar-refractivity contribution in [3.8, 4) is 0 Å². The fourth-order valence-corrected chi connectivity index (χ4v) is 1.32. The molecule has 1 N–H and O–H groups in total. The molecule has 0 radical (unpaired) electrons. The molecule has 6 heteroatoms. The van der Waals surface area contributed by atoms with Gasteiger partial charge in [-0.15, -0.1) is 0 Å². The monoisotopic (exact) mass is 241 g/mol. The number of carboxylic acids is 1. The van der Waals surface area contributed by atoms with Crippen LogP contribution in [0.4, 0.5) is 0 Å². The molecule has 2 aromatic heterocycles. The first-order chi connectivity index (χ1) is 6.18. The Morgan fingerprint density at radius 1 is 1.46 bits per heavy atom. The Morgan fingerprint density at radius 2 is 2.15 bits per heavy atom. The van der Waals surface area contributed by atoms with E-state index in [1.165, 1.54) is 12.4 Å². The molecular formula is C7H4BrN3O2. The molecular weight excluding hydrogens is 238 g/mol. The van der Waals surface area contributed by atoms with Crippen molar-refractivity contribution < 1.29 is 9.90 Å². The van der Waals surface area contributed by atoms with E-state index < -0.39 is 5.97 Å². The fraction of sp³-hybridized carbons (Fsp3) is 0. The molecule has 5 nitrogen and oxygen atoms in total. The second kappa shape index (κ2) is 2.81. The Balaban J connectivity index is 2.72. The van der Waals surface area contributed by atoms with Crippen LogP contribution in [0.1, 0.15) is 10.4 Å². The van der Waals surface area contributed by atoms with Gasteiger partial charge in [0.1, 0.15) is 4.60 Å². The summed E-state index contributed by atoms with van der Waals surface area (Å²) in [5, 5.41) is 8.68. The second-order valence-electron chi connectivity index (χ2n) is 2.40. The summed E-state index contributed by atoms with van der Waals surface area (Å²) in [6.07, 6.45) is 4.30. The summed E-state index contributed by atoms with van der Waals surface area (Å²) in [5.74, 6) is -0.535. The zero-order chi connectivity index (χ0) is 9.42. The van der Waals surface area contributed by atoms with E-state index in [9.17, 15) is 4.79 Å². The lowest BCUT2D eigenvalue weighted by molar-refractivity contribution is 0.0696. The molecule has 0 aromatic carbocycles. The number of nitrogens with zero attached hydrogens (tertiary/aromatic N) is 3. The van der Waals surface area contributed by atoms with Crippen LogP contribution < -0.4 is 0 Å². The Bertz CT molecular complexity index is 480. The summed E-state index contributed by atoms with van der Waals surface area (Å²) < 4.78 is 2.24. The zero-order valence-corrected chi connectivity index (χ0v) is 7.89. The molecule has 2 aromatic rings. The highest BCUT2D eigenvalue weighted by molar-refractivity contribution is 9.10. The lowest BCUT2D eigenvalue weighted by atomic mass is 10.3. The molecule has 13 heavy (non-hydrogen) atoms. The maximum atomic E-state index is 10.6. The van der Waals surface area contributed by atoms with Gasteiger partial charge in [0.25, 0.3) is 0 Å². The van der Waals surface area contributed by atoms with Crippen molar-refractivity contribution in [2.45, 2.75) is 0 Å². The number of fused-ring (bicyclic) bond motifs is 1. The highest BCUT2D eigenvalue weighted by Gasteiger charge is 2.06. The van der Waals surface area contributed by atoms with Crippen molar-refractivity contribution >= 4 is 27.7 Å².